The summed E-state index contributed by atoms with van der Waals surface area (Å²) in [4.78, 5) is 4.05. The van der Waals surface area contributed by atoms with Gasteiger partial charge in [-0.25, -0.2) is 4.98 Å². The first-order chi connectivity index (χ1) is 4.20. The lowest BCUT2D eigenvalue weighted by atomic mass is 10.3. The van der Waals surface area contributed by atoms with Crippen molar-refractivity contribution in [2.75, 3.05) is 0 Å². The Hall–Kier alpha value is -0.540. The third kappa shape index (κ3) is 2.01. The molecule has 0 aliphatic rings. The minimum Gasteiger partial charge on any atom is -0.340 e. The highest BCUT2D eigenvalue weighted by Crippen LogP contribution is 2.03. The Balaban J connectivity index is 0.000000810. The Morgan fingerprint density at radius 1 is 1.70 bits per heavy atom. The number of aryl methyl sites for hydroxylation is 1. The number of hydrogen-bond acceptors (Lipinski definition) is 2. The number of rotatable bonds is 1. The van der Waals surface area contributed by atoms with Crippen molar-refractivity contribution in [3.63, 3.8) is 0 Å². The third-order valence-corrected chi connectivity index (χ3v) is 1.19. The predicted octanol–water partition coefficient (Wildman–Crippen LogP) is 0.862. The van der Waals surface area contributed by atoms with Gasteiger partial charge in [0, 0.05) is 19.3 Å². The topological polar surface area (TPSA) is 43.8 Å². The van der Waals surface area contributed by atoms with Crippen molar-refractivity contribution in [3.05, 3.63) is 18.2 Å². The highest BCUT2D eigenvalue weighted by atomic mass is 35.5. The lowest BCUT2D eigenvalue weighted by Gasteiger charge is -1.95. The van der Waals surface area contributed by atoms with Gasteiger partial charge in [0.15, 0.2) is 0 Å². The molecule has 0 saturated carbocycles. The fourth-order valence-electron chi connectivity index (χ4n) is 0.668. The SMILES string of the molecule is CC(N)c1cn(C)cn1.Cl. The smallest absolute Gasteiger partial charge is 0.0947 e. The molecule has 3 nitrogen and oxygen atoms in total. The molecular formula is C6H12ClN3. The molecule has 0 aliphatic heterocycles. The van der Waals surface area contributed by atoms with Crippen molar-refractivity contribution in [1.29, 1.82) is 0 Å². The van der Waals surface area contributed by atoms with Crippen molar-refractivity contribution in [3.8, 4) is 0 Å². The molecule has 58 valence electrons. The summed E-state index contributed by atoms with van der Waals surface area (Å²) in [7, 11) is 1.93. The summed E-state index contributed by atoms with van der Waals surface area (Å²) >= 11 is 0. The van der Waals surface area contributed by atoms with Gasteiger partial charge >= 0.3 is 0 Å². The summed E-state index contributed by atoms with van der Waals surface area (Å²) in [6.07, 6.45) is 3.67. The molecule has 10 heavy (non-hydrogen) atoms. The number of aromatic nitrogens is 2. The van der Waals surface area contributed by atoms with Gasteiger partial charge in [0.25, 0.3) is 0 Å². The van der Waals surface area contributed by atoms with Gasteiger partial charge < -0.3 is 10.3 Å². The van der Waals surface area contributed by atoms with E-state index in [1.165, 1.54) is 0 Å². The Labute approximate surface area is 66.7 Å². The summed E-state index contributed by atoms with van der Waals surface area (Å²) in [6.45, 7) is 1.92. The maximum absolute atomic E-state index is 5.55. The van der Waals surface area contributed by atoms with Crippen LogP contribution in [0.15, 0.2) is 12.5 Å². The predicted molar refractivity (Wildman–Crippen MR) is 43.1 cm³/mol. The molecule has 0 aliphatic carbocycles. The van der Waals surface area contributed by atoms with Gasteiger partial charge in [-0.15, -0.1) is 12.4 Å². The van der Waals surface area contributed by atoms with E-state index in [4.69, 9.17) is 5.73 Å². The molecule has 1 rings (SSSR count). The molecule has 0 fully saturated rings. The van der Waals surface area contributed by atoms with E-state index in [2.05, 4.69) is 4.98 Å². The van der Waals surface area contributed by atoms with Crippen molar-refractivity contribution >= 4 is 12.4 Å². The molecule has 0 aromatic carbocycles. The average Bonchev–Trinajstić information content (AvgIpc) is 2.14. The zero-order chi connectivity index (χ0) is 6.85. The summed E-state index contributed by atoms with van der Waals surface area (Å²) in [5, 5.41) is 0. The molecule has 0 amide bonds. The van der Waals surface area contributed by atoms with Crippen LogP contribution in [0.3, 0.4) is 0 Å². The van der Waals surface area contributed by atoms with Crippen LogP contribution in [-0.2, 0) is 7.05 Å². The largest absolute Gasteiger partial charge is 0.340 e. The lowest BCUT2D eigenvalue weighted by Crippen LogP contribution is -2.04. The highest BCUT2D eigenvalue weighted by molar-refractivity contribution is 5.85. The Morgan fingerprint density at radius 3 is 2.50 bits per heavy atom. The van der Waals surface area contributed by atoms with Crippen LogP contribution >= 0.6 is 12.4 Å². The third-order valence-electron chi connectivity index (χ3n) is 1.19. The van der Waals surface area contributed by atoms with Gasteiger partial charge in [-0.2, -0.15) is 0 Å². The zero-order valence-electron chi connectivity index (χ0n) is 6.11. The average molecular weight is 162 g/mol. The highest BCUT2D eigenvalue weighted by Gasteiger charge is 1.99. The Bertz CT molecular complexity index is 195. The second-order valence-corrected chi connectivity index (χ2v) is 2.25. The van der Waals surface area contributed by atoms with Gasteiger partial charge in [-0.05, 0) is 6.92 Å². The summed E-state index contributed by atoms with van der Waals surface area (Å²) in [5.74, 6) is 0. The Kier molecular flexibility index (Phi) is 3.39. The van der Waals surface area contributed by atoms with Gasteiger partial charge in [0.2, 0.25) is 0 Å². The first-order valence-corrected chi connectivity index (χ1v) is 2.93. The molecule has 1 atom stereocenters. The van der Waals surface area contributed by atoms with E-state index in [1.807, 2.05) is 24.7 Å². The molecule has 1 aromatic rings. The van der Waals surface area contributed by atoms with Crippen molar-refractivity contribution in [2.24, 2.45) is 12.8 Å². The van der Waals surface area contributed by atoms with E-state index in [9.17, 15) is 0 Å². The molecule has 1 heterocycles. The Morgan fingerprint density at radius 2 is 2.30 bits per heavy atom. The van der Waals surface area contributed by atoms with Gasteiger partial charge in [-0.3, -0.25) is 0 Å². The number of nitrogens with two attached hydrogens (primary N) is 1. The maximum Gasteiger partial charge on any atom is 0.0947 e. The van der Waals surface area contributed by atoms with Crippen LogP contribution in [0.25, 0.3) is 0 Å². The standard InChI is InChI=1S/C6H11N3.ClH/c1-5(7)6-3-9(2)4-8-6;/h3-5H,7H2,1-2H3;1H. The van der Waals surface area contributed by atoms with Gasteiger partial charge in [0.1, 0.15) is 0 Å². The molecule has 0 saturated heterocycles. The van der Waals surface area contributed by atoms with Crippen LogP contribution in [0.2, 0.25) is 0 Å². The normalized spacial score (nSPS) is 12.3. The molecular weight excluding hydrogens is 150 g/mol. The first kappa shape index (κ1) is 9.46. The van der Waals surface area contributed by atoms with Crippen molar-refractivity contribution in [1.82, 2.24) is 9.55 Å². The molecule has 2 N–H and O–H groups in total. The van der Waals surface area contributed by atoms with E-state index in [0.717, 1.165) is 5.69 Å². The van der Waals surface area contributed by atoms with E-state index in [1.54, 1.807) is 6.33 Å². The van der Waals surface area contributed by atoms with Crippen LogP contribution in [0.1, 0.15) is 18.7 Å². The van der Waals surface area contributed by atoms with E-state index < -0.39 is 0 Å². The van der Waals surface area contributed by atoms with Gasteiger partial charge in [-0.1, -0.05) is 0 Å². The summed E-state index contributed by atoms with van der Waals surface area (Å²) in [5.41, 5.74) is 6.49. The molecule has 1 unspecified atom stereocenters. The quantitative estimate of drug-likeness (QED) is 0.664. The number of imidazole rings is 1. The van der Waals surface area contributed by atoms with Crippen LogP contribution in [-0.4, -0.2) is 9.55 Å². The van der Waals surface area contributed by atoms with Crippen LogP contribution in [0.4, 0.5) is 0 Å². The zero-order valence-corrected chi connectivity index (χ0v) is 6.93. The van der Waals surface area contributed by atoms with Crippen LogP contribution in [0.5, 0.6) is 0 Å². The first-order valence-electron chi connectivity index (χ1n) is 2.93. The van der Waals surface area contributed by atoms with E-state index >= 15 is 0 Å². The molecule has 0 bridgehead atoms. The fraction of sp³-hybridized carbons (Fsp3) is 0.500. The summed E-state index contributed by atoms with van der Waals surface area (Å²) < 4.78 is 1.89. The van der Waals surface area contributed by atoms with Crippen molar-refractivity contribution < 1.29 is 0 Å². The van der Waals surface area contributed by atoms with Crippen LogP contribution < -0.4 is 5.73 Å². The number of halogens is 1. The molecule has 0 spiro atoms. The minimum absolute atomic E-state index is 0. The lowest BCUT2D eigenvalue weighted by molar-refractivity contribution is 0.786. The number of nitrogens with zero attached hydrogens (tertiary/aromatic N) is 2. The molecule has 4 heteroatoms. The number of hydrogen-bond donors (Lipinski definition) is 1. The van der Waals surface area contributed by atoms with E-state index in [0.29, 0.717) is 0 Å². The monoisotopic (exact) mass is 161 g/mol. The fourth-order valence-corrected chi connectivity index (χ4v) is 0.668. The second kappa shape index (κ2) is 3.58. The van der Waals surface area contributed by atoms with Gasteiger partial charge in [0.05, 0.1) is 12.0 Å². The van der Waals surface area contributed by atoms with E-state index in [-0.39, 0.29) is 18.4 Å². The maximum atomic E-state index is 5.55. The summed E-state index contributed by atoms with van der Waals surface area (Å²) in [6, 6.07) is 0.0474. The molecule has 0 radical (unpaired) electrons. The van der Waals surface area contributed by atoms with Crippen LogP contribution in [0, 0.1) is 0 Å². The van der Waals surface area contributed by atoms with Crippen molar-refractivity contribution in [2.45, 2.75) is 13.0 Å². The minimum atomic E-state index is 0. The second-order valence-electron chi connectivity index (χ2n) is 2.25. The molecule has 1 aromatic heterocycles.